The normalized spacial score (nSPS) is 11.1. The summed E-state index contributed by atoms with van der Waals surface area (Å²) in [6.07, 6.45) is 0. The molecule has 4 nitrogen and oxygen atoms in total. The minimum absolute atomic E-state index is 0.560. The van der Waals surface area contributed by atoms with Crippen molar-refractivity contribution in [1.82, 2.24) is 4.98 Å². The van der Waals surface area contributed by atoms with E-state index in [4.69, 9.17) is 25.7 Å². The molecule has 0 aliphatic rings. The van der Waals surface area contributed by atoms with Gasteiger partial charge in [-0.25, -0.2) is 4.98 Å². The Morgan fingerprint density at radius 3 is 2.56 bits per heavy atom. The fourth-order valence-corrected chi connectivity index (χ4v) is 4.85. The van der Waals surface area contributed by atoms with Gasteiger partial charge in [-0.1, -0.05) is 17.7 Å². The minimum atomic E-state index is 0.560. The molecule has 0 atom stereocenters. The molecule has 2 aromatic heterocycles. The van der Waals surface area contributed by atoms with Crippen LogP contribution in [0.25, 0.3) is 32.1 Å². The third kappa shape index (κ3) is 4.22. The van der Waals surface area contributed by atoms with Crippen molar-refractivity contribution in [1.29, 1.82) is 0 Å². The van der Waals surface area contributed by atoms with Crippen LogP contribution >= 0.6 is 22.9 Å². The molecule has 0 aliphatic heterocycles. The number of aromatic nitrogens is 1. The summed E-state index contributed by atoms with van der Waals surface area (Å²) in [4.78, 5) is 4.76. The Hall–Kier alpha value is -3.28. The Morgan fingerprint density at radius 1 is 0.969 bits per heavy atom. The van der Waals surface area contributed by atoms with Crippen LogP contribution in [0.3, 0.4) is 0 Å². The van der Waals surface area contributed by atoms with Gasteiger partial charge in [-0.15, -0.1) is 11.3 Å². The Morgan fingerprint density at radius 2 is 1.78 bits per heavy atom. The number of fused-ring (bicyclic) bond motifs is 1. The molecule has 0 aliphatic carbocycles. The van der Waals surface area contributed by atoms with Crippen LogP contribution in [0.5, 0.6) is 5.75 Å². The van der Waals surface area contributed by atoms with Gasteiger partial charge in [0.25, 0.3) is 0 Å². The number of hydrogen-bond donors (Lipinski definition) is 1. The summed E-state index contributed by atoms with van der Waals surface area (Å²) in [7, 11) is 1.60. The highest BCUT2D eigenvalue weighted by atomic mass is 35.5. The summed E-state index contributed by atoms with van der Waals surface area (Å²) in [6, 6.07) is 24.2. The van der Waals surface area contributed by atoms with Crippen molar-refractivity contribution in [3.05, 3.63) is 89.1 Å². The van der Waals surface area contributed by atoms with E-state index >= 15 is 0 Å². The first-order chi connectivity index (χ1) is 15.6. The first-order valence-electron chi connectivity index (χ1n) is 10.2. The van der Waals surface area contributed by atoms with Crippen molar-refractivity contribution < 1.29 is 9.15 Å². The SMILES string of the molecule is COc1ccc(-c2ccc(CNc3ccc(-c4nc5ccc(C)cc5s4)cc3)o2)cc1Cl. The molecule has 3 aromatic carbocycles. The maximum atomic E-state index is 6.23. The van der Waals surface area contributed by atoms with Crippen molar-refractivity contribution in [3.8, 4) is 27.6 Å². The number of halogens is 1. The van der Waals surface area contributed by atoms with Gasteiger partial charge in [0.1, 0.15) is 22.3 Å². The summed E-state index contributed by atoms with van der Waals surface area (Å²) in [5.41, 5.74) is 5.35. The number of methoxy groups -OCH3 is 1. The first-order valence-corrected chi connectivity index (χ1v) is 11.4. The molecule has 2 heterocycles. The second kappa shape index (κ2) is 8.69. The van der Waals surface area contributed by atoms with E-state index in [0.717, 1.165) is 38.9 Å². The van der Waals surface area contributed by atoms with E-state index in [9.17, 15) is 0 Å². The molecule has 0 saturated carbocycles. The van der Waals surface area contributed by atoms with Crippen molar-refractivity contribution in [2.75, 3.05) is 12.4 Å². The highest BCUT2D eigenvalue weighted by Gasteiger charge is 2.09. The third-order valence-electron chi connectivity index (χ3n) is 5.24. The molecule has 5 rings (SSSR count). The van der Waals surface area contributed by atoms with Crippen LogP contribution in [0.2, 0.25) is 5.02 Å². The number of hydrogen-bond acceptors (Lipinski definition) is 5. The van der Waals surface area contributed by atoms with Gasteiger partial charge in [-0.2, -0.15) is 0 Å². The van der Waals surface area contributed by atoms with Gasteiger partial charge in [0.15, 0.2) is 0 Å². The largest absolute Gasteiger partial charge is 0.495 e. The lowest BCUT2D eigenvalue weighted by Crippen LogP contribution is -1.97. The molecule has 0 unspecified atom stereocenters. The molecule has 0 radical (unpaired) electrons. The predicted molar refractivity (Wildman–Crippen MR) is 133 cm³/mol. The average molecular weight is 461 g/mol. The number of aryl methyl sites for hydroxylation is 1. The quantitative estimate of drug-likeness (QED) is 0.280. The Balaban J connectivity index is 1.26. The smallest absolute Gasteiger partial charge is 0.137 e. The summed E-state index contributed by atoms with van der Waals surface area (Å²) >= 11 is 7.95. The number of benzene rings is 3. The standard InChI is InChI=1S/C26H21ClN2O2S/c1-16-3-10-22-25(13-16)32-26(29-22)17-4-7-19(8-5-17)28-15-20-9-12-23(31-20)18-6-11-24(30-2)21(27)14-18/h3-14,28H,15H2,1-2H3. The molecule has 160 valence electrons. The van der Waals surface area contributed by atoms with Crippen molar-refractivity contribution in [2.45, 2.75) is 13.5 Å². The molecule has 0 fully saturated rings. The molecule has 6 heteroatoms. The summed E-state index contributed by atoms with van der Waals surface area (Å²) < 4.78 is 12.4. The van der Waals surface area contributed by atoms with Crippen molar-refractivity contribution in [3.63, 3.8) is 0 Å². The lowest BCUT2D eigenvalue weighted by Gasteiger charge is -2.06. The maximum absolute atomic E-state index is 6.23. The Bertz CT molecular complexity index is 1390. The number of thiazole rings is 1. The molecule has 32 heavy (non-hydrogen) atoms. The molecular weight excluding hydrogens is 440 g/mol. The highest BCUT2D eigenvalue weighted by Crippen LogP contribution is 2.32. The number of anilines is 1. The highest BCUT2D eigenvalue weighted by molar-refractivity contribution is 7.21. The van der Waals surface area contributed by atoms with Gasteiger partial charge in [-0.05, 0) is 79.2 Å². The zero-order valence-corrected chi connectivity index (χ0v) is 19.3. The van der Waals surface area contributed by atoms with Crippen molar-refractivity contribution >= 4 is 38.8 Å². The van der Waals surface area contributed by atoms with E-state index in [2.05, 4.69) is 54.7 Å². The third-order valence-corrected chi connectivity index (χ3v) is 6.60. The Kier molecular flexibility index (Phi) is 5.60. The molecule has 0 spiro atoms. The van der Waals surface area contributed by atoms with E-state index in [-0.39, 0.29) is 0 Å². The van der Waals surface area contributed by atoms with Crippen LogP contribution in [-0.2, 0) is 6.54 Å². The zero-order chi connectivity index (χ0) is 22.1. The summed E-state index contributed by atoms with van der Waals surface area (Å²) in [6.45, 7) is 2.69. The minimum Gasteiger partial charge on any atom is -0.495 e. The fourth-order valence-electron chi connectivity index (χ4n) is 3.52. The van der Waals surface area contributed by atoms with Crippen LogP contribution in [-0.4, -0.2) is 12.1 Å². The fraction of sp³-hybridized carbons (Fsp3) is 0.115. The molecule has 0 bridgehead atoms. The van der Waals surface area contributed by atoms with Crippen LogP contribution in [0, 0.1) is 6.92 Å². The number of nitrogens with one attached hydrogen (secondary N) is 1. The molecule has 0 amide bonds. The van der Waals surface area contributed by atoms with E-state index < -0.39 is 0 Å². The Labute approximate surface area is 195 Å². The van der Waals surface area contributed by atoms with Gasteiger partial charge < -0.3 is 14.5 Å². The maximum Gasteiger partial charge on any atom is 0.137 e. The first kappa shape index (κ1) is 20.6. The van der Waals surface area contributed by atoms with E-state index in [0.29, 0.717) is 17.3 Å². The van der Waals surface area contributed by atoms with Crippen LogP contribution in [0.15, 0.2) is 77.2 Å². The lowest BCUT2D eigenvalue weighted by molar-refractivity contribution is 0.415. The monoisotopic (exact) mass is 460 g/mol. The van der Waals surface area contributed by atoms with E-state index in [1.54, 1.807) is 18.4 Å². The van der Waals surface area contributed by atoms with Crippen LogP contribution in [0.1, 0.15) is 11.3 Å². The van der Waals surface area contributed by atoms with E-state index in [1.807, 2.05) is 30.3 Å². The number of ether oxygens (including phenoxy) is 1. The molecule has 1 N–H and O–H groups in total. The molecular formula is C26H21ClN2O2S. The van der Waals surface area contributed by atoms with Gasteiger partial charge >= 0.3 is 0 Å². The van der Waals surface area contributed by atoms with Crippen LogP contribution in [0.4, 0.5) is 5.69 Å². The van der Waals surface area contributed by atoms with Gasteiger partial charge in [0.2, 0.25) is 0 Å². The summed E-state index contributed by atoms with van der Waals surface area (Å²) in [5, 5.41) is 5.00. The van der Waals surface area contributed by atoms with Crippen LogP contribution < -0.4 is 10.1 Å². The summed E-state index contributed by atoms with van der Waals surface area (Å²) in [5.74, 6) is 2.26. The van der Waals surface area contributed by atoms with E-state index in [1.165, 1.54) is 10.3 Å². The van der Waals surface area contributed by atoms with Gasteiger partial charge in [0, 0.05) is 16.8 Å². The number of furan rings is 1. The van der Waals surface area contributed by atoms with Gasteiger partial charge in [-0.3, -0.25) is 0 Å². The second-order valence-corrected chi connectivity index (χ2v) is 8.97. The molecule has 0 saturated heterocycles. The lowest BCUT2D eigenvalue weighted by atomic mass is 10.2. The number of nitrogens with zero attached hydrogens (tertiary/aromatic N) is 1. The number of rotatable bonds is 6. The predicted octanol–water partition coefficient (Wildman–Crippen LogP) is 7.81. The topological polar surface area (TPSA) is 47.3 Å². The average Bonchev–Trinajstić information content (AvgIpc) is 3.45. The van der Waals surface area contributed by atoms with Crippen molar-refractivity contribution in [2.24, 2.45) is 0 Å². The second-order valence-electron chi connectivity index (χ2n) is 7.54. The zero-order valence-electron chi connectivity index (χ0n) is 17.7. The molecule has 5 aromatic rings. The van der Waals surface area contributed by atoms with Gasteiger partial charge in [0.05, 0.1) is 28.9 Å².